The van der Waals surface area contributed by atoms with Crippen LogP contribution in [0.2, 0.25) is 0 Å². The first-order valence-corrected chi connectivity index (χ1v) is 2.71. The van der Waals surface area contributed by atoms with Crippen LogP contribution in [0.1, 0.15) is 13.8 Å². The first-order valence-electron chi connectivity index (χ1n) is 2.28. The molecule has 0 aromatic heterocycles. The highest BCUT2D eigenvalue weighted by molar-refractivity contribution is 6.27. The van der Waals surface area contributed by atoms with Crippen molar-refractivity contribution in [3.63, 3.8) is 0 Å². The summed E-state index contributed by atoms with van der Waals surface area (Å²) < 4.78 is 0. The summed E-state index contributed by atoms with van der Waals surface area (Å²) >= 11 is 5.43. The SMILES string of the molecule is CC(C)[C@@H](Cl)C=O. The van der Waals surface area contributed by atoms with Crippen LogP contribution in [0.15, 0.2) is 0 Å². The molecule has 0 spiro atoms. The summed E-state index contributed by atoms with van der Waals surface area (Å²) in [6.07, 6.45) is 0.756. The lowest BCUT2D eigenvalue weighted by Crippen LogP contribution is -2.07. The lowest BCUT2D eigenvalue weighted by atomic mass is 10.1. The van der Waals surface area contributed by atoms with Crippen LogP contribution in [0.25, 0.3) is 0 Å². The number of alkyl halides is 1. The van der Waals surface area contributed by atoms with Crippen molar-refractivity contribution in [2.24, 2.45) is 5.92 Å². The van der Waals surface area contributed by atoms with Crippen molar-refractivity contribution in [3.05, 3.63) is 0 Å². The minimum absolute atomic E-state index is 0.263. The van der Waals surface area contributed by atoms with Crippen LogP contribution in [-0.4, -0.2) is 11.7 Å². The van der Waals surface area contributed by atoms with Crippen LogP contribution in [0.4, 0.5) is 0 Å². The summed E-state index contributed by atoms with van der Waals surface area (Å²) in [5, 5.41) is -0.306. The summed E-state index contributed by atoms with van der Waals surface area (Å²) in [7, 11) is 0. The Kier molecular flexibility index (Phi) is 3.01. The second-order valence-corrected chi connectivity index (χ2v) is 2.33. The van der Waals surface area contributed by atoms with Crippen molar-refractivity contribution in [1.29, 1.82) is 0 Å². The second-order valence-electron chi connectivity index (χ2n) is 1.82. The first-order chi connectivity index (χ1) is 3.18. The second kappa shape index (κ2) is 3.03. The van der Waals surface area contributed by atoms with Gasteiger partial charge in [-0.25, -0.2) is 0 Å². The van der Waals surface area contributed by atoms with Gasteiger partial charge in [0.1, 0.15) is 6.29 Å². The smallest absolute Gasteiger partial charge is 0.138 e. The molecule has 0 saturated heterocycles. The Balaban J connectivity index is 3.33. The molecule has 0 aromatic carbocycles. The average Bonchev–Trinajstić information content (AvgIpc) is 1.65. The van der Waals surface area contributed by atoms with Gasteiger partial charge in [-0.15, -0.1) is 11.6 Å². The maximum Gasteiger partial charge on any atom is 0.138 e. The molecule has 0 bridgehead atoms. The van der Waals surface area contributed by atoms with Crippen molar-refractivity contribution in [3.8, 4) is 0 Å². The average molecular weight is 121 g/mol. The molecule has 0 fully saturated rings. The summed E-state index contributed by atoms with van der Waals surface area (Å²) in [5.41, 5.74) is 0. The molecule has 0 radical (unpaired) electrons. The highest BCUT2D eigenvalue weighted by Gasteiger charge is 2.05. The van der Waals surface area contributed by atoms with E-state index in [9.17, 15) is 4.79 Å². The van der Waals surface area contributed by atoms with Gasteiger partial charge in [0.15, 0.2) is 0 Å². The third-order valence-electron chi connectivity index (χ3n) is 0.767. The summed E-state index contributed by atoms with van der Waals surface area (Å²) in [5.74, 6) is 0.263. The molecule has 0 heterocycles. The lowest BCUT2D eigenvalue weighted by Gasteiger charge is -2.01. The Morgan fingerprint density at radius 3 is 2.00 bits per heavy atom. The van der Waals surface area contributed by atoms with Crippen molar-refractivity contribution < 1.29 is 4.79 Å². The normalized spacial score (nSPS) is 14.3. The molecule has 7 heavy (non-hydrogen) atoms. The molecule has 2 heteroatoms. The molecule has 0 unspecified atom stereocenters. The third-order valence-corrected chi connectivity index (χ3v) is 1.37. The van der Waals surface area contributed by atoms with E-state index >= 15 is 0 Å². The number of carbonyl (C=O) groups excluding carboxylic acids is 1. The number of carbonyl (C=O) groups is 1. The van der Waals surface area contributed by atoms with E-state index in [4.69, 9.17) is 11.6 Å². The predicted octanol–water partition coefficient (Wildman–Crippen LogP) is 1.45. The summed E-state index contributed by atoms with van der Waals surface area (Å²) in [6, 6.07) is 0. The van der Waals surface area contributed by atoms with E-state index in [1.165, 1.54) is 0 Å². The zero-order valence-corrected chi connectivity index (χ0v) is 5.27. The maximum atomic E-state index is 9.81. The molecule has 1 atom stereocenters. The van der Waals surface area contributed by atoms with E-state index in [2.05, 4.69) is 0 Å². The van der Waals surface area contributed by atoms with Crippen LogP contribution in [-0.2, 0) is 4.79 Å². The summed E-state index contributed by atoms with van der Waals surface area (Å²) in [4.78, 5) is 9.81. The van der Waals surface area contributed by atoms with Gasteiger partial charge in [-0.1, -0.05) is 13.8 Å². The van der Waals surface area contributed by atoms with Gasteiger partial charge in [0, 0.05) is 0 Å². The molecular formula is C5H9ClO. The van der Waals surface area contributed by atoms with Gasteiger partial charge in [0.2, 0.25) is 0 Å². The molecule has 42 valence electrons. The predicted molar refractivity (Wildman–Crippen MR) is 30.5 cm³/mol. The van der Waals surface area contributed by atoms with Crippen LogP contribution in [0.5, 0.6) is 0 Å². The van der Waals surface area contributed by atoms with Crippen LogP contribution >= 0.6 is 11.6 Å². The fraction of sp³-hybridized carbons (Fsp3) is 0.800. The fourth-order valence-electron chi connectivity index (χ4n) is 0.157. The topological polar surface area (TPSA) is 17.1 Å². The Morgan fingerprint density at radius 2 is 2.00 bits per heavy atom. The van der Waals surface area contributed by atoms with Gasteiger partial charge in [-0.2, -0.15) is 0 Å². The zero-order valence-electron chi connectivity index (χ0n) is 4.52. The maximum absolute atomic E-state index is 9.81. The van der Waals surface area contributed by atoms with Gasteiger partial charge in [0.25, 0.3) is 0 Å². The number of hydrogen-bond donors (Lipinski definition) is 0. The molecule has 0 saturated carbocycles. The molecule has 0 N–H and O–H groups in total. The fourth-order valence-corrected chi connectivity index (χ4v) is 0.157. The molecule has 0 amide bonds. The van der Waals surface area contributed by atoms with Crippen molar-refractivity contribution >= 4 is 17.9 Å². The van der Waals surface area contributed by atoms with Crippen molar-refractivity contribution in [2.75, 3.05) is 0 Å². The van der Waals surface area contributed by atoms with E-state index in [1.54, 1.807) is 0 Å². The number of rotatable bonds is 2. The van der Waals surface area contributed by atoms with Gasteiger partial charge >= 0.3 is 0 Å². The Bertz CT molecular complexity index is 61.1. The molecule has 0 aliphatic rings. The van der Waals surface area contributed by atoms with Gasteiger partial charge in [-0.3, -0.25) is 0 Å². The quantitative estimate of drug-likeness (QED) is 0.398. The van der Waals surface area contributed by atoms with Gasteiger partial charge in [0.05, 0.1) is 5.38 Å². The first kappa shape index (κ1) is 6.96. The van der Waals surface area contributed by atoms with Crippen molar-refractivity contribution in [2.45, 2.75) is 19.2 Å². The molecular weight excluding hydrogens is 112 g/mol. The monoisotopic (exact) mass is 120 g/mol. The molecule has 0 aromatic rings. The minimum Gasteiger partial charge on any atom is -0.302 e. The number of halogens is 1. The Labute approximate surface area is 48.7 Å². The van der Waals surface area contributed by atoms with E-state index in [-0.39, 0.29) is 11.3 Å². The molecule has 1 nitrogen and oxygen atoms in total. The van der Waals surface area contributed by atoms with Gasteiger partial charge < -0.3 is 4.79 Å². The lowest BCUT2D eigenvalue weighted by molar-refractivity contribution is -0.108. The van der Waals surface area contributed by atoms with Crippen LogP contribution in [0, 0.1) is 5.92 Å². The molecule has 0 aliphatic heterocycles. The molecule has 0 aliphatic carbocycles. The summed E-state index contributed by atoms with van der Waals surface area (Å²) in [6.45, 7) is 3.82. The third kappa shape index (κ3) is 2.63. The van der Waals surface area contributed by atoms with E-state index in [0.29, 0.717) is 0 Å². The van der Waals surface area contributed by atoms with Gasteiger partial charge in [-0.05, 0) is 5.92 Å². The highest BCUT2D eigenvalue weighted by Crippen LogP contribution is 2.04. The van der Waals surface area contributed by atoms with E-state index in [0.717, 1.165) is 6.29 Å². The zero-order chi connectivity index (χ0) is 5.86. The van der Waals surface area contributed by atoms with E-state index < -0.39 is 0 Å². The largest absolute Gasteiger partial charge is 0.302 e. The minimum atomic E-state index is -0.306. The van der Waals surface area contributed by atoms with Crippen LogP contribution < -0.4 is 0 Å². The van der Waals surface area contributed by atoms with Crippen LogP contribution in [0.3, 0.4) is 0 Å². The van der Waals surface area contributed by atoms with Crippen molar-refractivity contribution in [1.82, 2.24) is 0 Å². The number of aldehydes is 1. The number of hydrogen-bond acceptors (Lipinski definition) is 1. The standard InChI is InChI=1S/C5H9ClO/c1-4(2)5(6)3-7/h3-5H,1-2H3/t5-/m0/s1. The Morgan fingerprint density at radius 1 is 1.57 bits per heavy atom. The highest BCUT2D eigenvalue weighted by atomic mass is 35.5. The Hall–Kier alpha value is -0.0400. The van der Waals surface area contributed by atoms with E-state index in [1.807, 2.05) is 13.8 Å². The molecule has 0 rings (SSSR count).